The Bertz CT molecular complexity index is 424. The van der Waals surface area contributed by atoms with Crippen LogP contribution in [-0.2, 0) is 4.79 Å². The Hall–Kier alpha value is -1.56. The molecule has 0 aliphatic heterocycles. The minimum atomic E-state index is -0.812. The second-order valence-electron chi connectivity index (χ2n) is 3.71. The molecular weight excluding hydrogens is 300 g/mol. The molecule has 2 amide bonds. The van der Waals surface area contributed by atoms with E-state index >= 15 is 0 Å². The smallest absolute Gasteiger partial charge is 0.319 e. The van der Waals surface area contributed by atoms with Crippen molar-refractivity contribution in [2.75, 3.05) is 11.9 Å². The molecule has 0 aliphatic rings. The number of urea groups is 1. The van der Waals surface area contributed by atoms with Crippen LogP contribution in [0.5, 0.6) is 0 Å². The van der Waals surface area contributed by atoms with Gasteiger partial charge in [0.1, 0.15) is 0 Å². The van der Waals surface area contributed by atoms with E-state index in [2.05, 4.69) is 26.6 Å². The maximum absolute atomic E-state index is 11.5. The maximum Gasteiger partial charge on any atom is 0.319 e. The summed E-state index contributed by atoms with van der Waals surface area (Å²) in [5.74, 6) is -0.812. The van der Waals surface area contributed by atoms with Crippen molar-refractivity contribution in [3.8, 4) is 0 Å². The zero-order valence-electron chi connectivity index (χ0n) is 9.78. The number of carboxylic acid groups (broad SMARTS) is 1. The van der Waals surface area contributed by atoms with Gasteiger partial charge in [-0.3, -0.25) is 4.79 Å². The molecule has 1 aromatic rings. The molecule has 1 rings (SSSR count). The number of halogens is 1. The van der Waals surface area contributed by atoms with Crippen molar-refractivity contribution in [3.05, 3.63) is 28.7 Å². The molecule has 0 bridgehead atoms. The molecule has 6 heteroatoms. The number of anilines is 1. The number of carbonyl (C=O) groups excluding carboxylic acids is 1. The first-order valence-corrected chi connectivity index (χ1v) is 6.40. The summed E-state index contributed by atoms with van der Waals surface area (Å²) in [6, 6.07) is 7.01. The zero-order chi connectivity index (χ0) is 13.4. The fourth-order valence-corrected chi connectivity index (χ4v) is 1.72. The number of hydrogen-bond donors (Lipinski definition) is 3. The van der Waals surface area contributed by atoms with E-state index in [1.807, 2.05) is 18.2 Å². The lowest BCUT2D eigenvalue weighted by molar-refractivity contribution is -0.137. The van der Waals surface area contributed by atoms with Gasteiger partial charge in [-0.15, -0.1) is 0 Å². The number of benzene rings is 1. The first-order chi connectivity index (χ1) is 8.59. The van der Waals surface area contributed by atoms with E-state index in [0.29, 0.717) is 25.1 Å². The second-order valence-corrected chi connectivity index (χ2v) is 4.57. The predicted octanol–water partition coefficient (Wildman–Crippen LogP) is 2.83. The lowest BCUT2D eigenvalue weighted by atomic mass is 10.2. The van der Waals surface area contributed by atoms with E-state index in [1.165, 1.54) is 0 Å². The first-order valence-electron chi connectivity index (χ1n) is 5.61. The zero-order valence-corrected chi connectivity index (χ0v) is 11.4. The summed E-state index contributed by atoms with van der Waals surface area (Å²) in [7, 11) is 0. The van der Waals surface area contributed by atoms with Crippen molar-refractivity contribution in [2.24, 2.45) is 0 Å². The van der Waals surface area contributed by atoms with Crippen LogP contribution in [0.2, 0.25) is 0 Å². The van der Waals surface area contributed by atoms with Crippen molar-refractivity contribution in [1.82, 2.24) is 5.32 Å². The van der Waals surface area contributed by atoms with Crippen LogP contribution in [0.1, 0.15) is 19.3 Å². The highest BCUT2D eigenvalue weighted by Crippen LogP contribution is 2.20. The van der Waals surface area contributed by atoms with Crippen LogP contribution in [0.3, 0.4) is 0 Å². The van der Waals surface area contributed by atoms with E-state index < -0.39 is 5.97 Å². The highest BCUT2D eigenvalue weighted by atomic mass is 79.9. The second kappa shape index (κ2) is 7.71. The topological polar surface area (TPSA) is 78.4 Å². The van der Waals surface area contributed by atoms with Crippen molar-refractivity contribution in [3.63, 3.8) is 0 Å². The monoisotopic (exact) mass is 314 g/mol. The standard InChI is InChI=1S/C12H15BrN2O3/c13-9-5-1-2-6-10(9)15-12(18)14-8-4-3-7-11(16)17/h1-2,5-6H,3-4,7-8H2,(H,16,17)(H2,14,15,18). The number of carbonyl (C=O) groups is 2. The molecule has 98 valence electrons. The normalized spacial score (nSPS) is 9.83. The van der Waals surface area contributed by atoms with Gasteiger partial charge in [0, 0.05) is 17.4 Å². The Balaban J connectivity index is 2.22. The highest BCUT2D eigenvalue weighted by molar-refractivity contribution is 9.10. The summed E-state index contributed by atoms with van der Waals surface area (Å²) in [6.45, 7) is 0.462. The van der Waals surface area contributed by atoms with E-state index in [4.69, 9.17) is 5.11 Å². The molecule has 5 nitrogen and oxygen atoms in total. The Kier molecular flexibility index (Phi) is 6.21. The Morgan fingerprint density at radius 1 is 1.22 bits per heavy atom. The van der Waals surface area contributed by atoms with Crippen molar-refractivity contribution in [1.29, 1.82) is 0 Å². The number of aliphatic carboxylic acids is 1. The fraction of sp³-hybridized carbons (Fsp3) is 0.333. The Morgan fingerprint density at radius 2 is 1.94 bits per heavy atom. The first kappa shape index (κ1) is 14.5. The highest BCUT2D eigenvalue weighted by Gasteiger charge is 2.03. The molecule has 0 unspecified atom stereocenters. The molecular formula is C12H15BrN2O3. The van der Waals surface area contributed by atoms with Gasteiger partial charge in [-0.25, -0.2) is 4.79 Å². The van der Waals surface area contributed by atoms with Crippen LogP contribution in [0, 0.1) is 0 Å². The summed E-state index contributed by atoms with van der Waals surface area (Å²) in [5, 5.41) is 13.8. The van der Waals surface area contributed by atoms with Gasteiger partial charge < -0.3 is 15.7 Å². The number of rotatable bonds is 6. The van der Waals surface area contributed by atoms with Gasteiger partial charge in [-0.2, -0.15) is 0 Å². The summed E-state index contributed by atoms with van der Waals surface area (Å²) in [6.07, 6.45) is 1.34. The molecule has 0 saturated heterocycles. The molecule has 0 saturated carbocycles. The number of carboxylic acids is 1. The van der Waals surface area contributed by atoms with Crippen LogP contribution in [0.25, 0.3) is 0 Å². The summed E-state index contributed by atoms with van der Waals surface area (Å²) >= 11 is 3.33. The molecule has 0 spiro atoms. The molecule has 0 aromatic heterocycles. The minimum Gasteiger partial charge on any atom is -0.481 e. The van der Waals surface area contributed by atoms with Gasteiger partial charge in [0.05, 0.1) is 5.69 Å². The van der Waals surface area contributed by atoms with Crippen molar-refractivity contribution < 1.29 is 14.7 Å². The molecule has 0 fully saturated rings. The van der Waals surface area contributed by atoms with Crippen LogP contribution < -0.4 is 10.6 Å². The van der Waals surface area contributed by atoms with Gasteiger partial charge in [-0.05, 0) is 40.9 Å². The molecule has 3 N–H and O–H groups in total. The maximum atomic E-state index is 11.5. The third-order valence-corrected chi connectivity index (χ3v) is 2.92. The number of amides is 2. The SMILES string of the molecule is O=C(O)CCCCNC(=O)Nc1ccccc1Br. The van der Waals surface area contributed by atoms with Crippen LogP contribution in [0.4, 0.5) is 10.5 Å². The van der Waals surface area contributed by atoms with Crippen molar-refractivity contribution >= 4 is 33.6 Å². The third-order valence-electron chi connectivity index (χ3n) is 2.23. The minimum absolute atomic E-state index is 0.132. The molecule has 0 heterocycles. The quantitative estimate of drug-likeness (QED) is 0.706. The summed E-state index contributed by atoms with van der Waals surface area (Å²) < 4.78 is 0.811. The number of hydrogen-bond acceptors (Lipinski definition) is 2. The Labute approximate surface area is 114 Å². The molecule has 0 aliphatic carbocycles. The van der Waals surface area contributed by atoms with Gasteiger partial charge in [0.15, 0.2) is 0 Å². The summed E-state index contributed by atoms with van der Waals surface area (Å²) in [5.41, 5.74) is 0.695. The lowest BCUT2D eigenvalue weighted by Crippen LogP contribution is -2.29. The molecule has 1 aromatic carbocycles. The lowest BCUT2D eigenvalue weighted by Gasteiger charge is -2.08. The Morgan fingerprint density at radius 3 is 2.61 bits per heavy atom. The van der Waals surface area contributed by atoms with E-state index in [9.17, 15) is 9.59 Å². The molecule has 18 heavy (non-hydrogen) atoms. The average Bonchev–Trinajstić information content (AvgIpc) is 2.31. The summed E-state index contributed by atoms with van der Waals surface area (Å²) in [4.78, 5) is 21.8. The molecule has 0 radical (unpaired) electrons. The van der Waals surface area contributed by atoms with E-state index in [1.54, 1.807) is 6.07 Å². The van der Waals surface area contributed by atoms with Crippen LogP contribution in [-0.4, -0.2) is 23.7 Å². The number of unbranched alkanes of at least 4 members (excludes halogenated alkanes) is 1. The average molecular weight is 315 g/mol. The van der Waals surface area contributed by atoms with Crippen molar-refractivity contribution in [2.45, 2.75) is 19.3 Å². The van der Waals surface area contributed by atoms with Gasteiger partial charge in [0.25, 0.3) is 0 Å². The fourth-order valence-electron chi connectivity index (χ4n) is 1.33. The number of nitrogens with one attached hydrogen (secondary N) is 2. The van der Waals surface area contributed by atoms with Gasteiger partial charge >= 0.3 is 12.0 Å². The van der Waals surface area contributed by atoms with E-state index in [-0.39, 0.29) is 12.5 Å². The van der Waals surface area contributed by atoms with Crippen LogP contribution in [0.15, 0.2) is 28.7 Å². The molecule has 0 atom stereocenters. The van der Waals surface area contributed by atoms with E-state index in [0.717, 1.165) is 4.47 Å². The largest absolute Gasteiger partial charge is 0.481 e. The predicted molar refractivity (Wildman–Crippen MR) is 72.7 cm³/mol. The van der Waals surface area contributed by atoms with Gasteiger partial charge in [0.2, 0.25) is 0 Å². The van der Waals surface area contributed by atoms with Crippen LogP contribution >= 0.6 is 15.9 Å². The van der Waals surface area contributed by atoms with Gasteiger partial charge in [-0.1, -0.05) is 12.1 Å². The number of para-hydroxylation sites is 1. The third kappa shape index (κ3) is 5.67.